The molecule has 0 aliphatic carbocycles. The Hall–Kier alpha value is -2.73. The highest BCUT2D eigenvalue weighted by Crippen LogP contribution is 2.27. The monoisotopic (exact) mass is 337 g/mol. The number of imidazole rings is 1. The summed E-state index contributed by atoms with van der Waals surface area (Å²) in [6.07, 6.45) is 7.01. The van der Waals surface area contributed by atoms with Gasteiger partial charge in [-0.15, -0.1) is 0 Å². The highest BCUT2D eigenvalue weighted by molar-refractivity contribution is 5.95. The van der Waals surface area contributed by atoms with E-state index in [2.05, 4.69) is 15.3 Å². The molecule has 6 nitrogen and oxygen atoms in total. The molecule has 0 aliphatic rings. The molecule has 3 rings (SSSR count). The third-order valence-electron chi connectivity index (χ3n) is 4.90. The lowest BCUT2D eigenvalue weighted by Crippen LogP contribution is -2.41. The molecule has 0 bridgehead atoms. The maximum atomic E-state index is 12.6. The summed E-state index contributed by atoms with van der Waals surface area (Å²) in [5.41, 5.74) is 7.91. The first-order valence-corrected chi connectivity index (χ1v) is 8.53. The van der Waals surface area contributed by atoms with E-state index >= 15 is 0 Å². The molecule has 3 aromatic rings. The standard InChI is InChI=1S/C19H23N5O/c1-3-19(4-2,13-20)17(25)22-15-8-6-14(7-9-15)16-12-24-11-5-10-21-18(24)23-16/h5-12H,3-4,13,20H2,1-2H3,(H,22,25). The third-order valence-corrected chi connectivity index (χ3v) is 4.90. The second-order valence-electron chi connectivity index (χ2n) is 6.18. The fourth-order valence-electron chi connectivity index (χ4n) is 2.91. The van der Waals surface area contributed by atoms with Crippen LogP contribution in [0.1, 0.15) is 26.7 Å². The SMILES string of the molecule is CCC(CC)(CN)C(=O)Nc1ccc(-c2cn3cccnc3n2)cc1. The molecule has 0 saturated carbocycles. The van der Waals surface area contributed by atoms with E-state index in [4.69, 9.17) is 5.73 Å². The molecule has 2 aromatic heterocycles. The van der Waals surface area contributed by atoms with Crippen molar-refractivity contribution in [1.82, 2.24) is 14.4 Å². The van der Waals surface area contributed by atoms with Gasteiger partial charge in [-0.25, -0.2) is 9.97 Å². The second-order valence-corrected chi connectivity index (χ2v) is 6.18. The van der Waals surface area contributed by atoms with Gasteiger partial charge in [0.25, 0.3) is 0 Å². The smallest absolute Gasteiger partial charge is 0.234 e. The molecule has 0 spiro atoms. The Morgan fingerprint density at radius 1 is 1.24 bits per heavy atom. The number of nitrogens with two attached hydrogens (primary N) is 1. The summed E-state index contributed by atoms with van der Waals surface area (Å²) < 4.78 is 1.88. The third kappa shape index (κ3) is 3.25. The van der Waals surface area contributed by atoms with Crippen molar-refractivity contribution in [1.29, 1.82) is 0 Å². The quantitative estimate of drug-likeness (QED) is 0.724. The average Bonchev–Trinajstić information content (AvgIpc) is 3.08. The molecule has 1 amide bonds. The van der Waals surface area contributed by atoms with E-state index in [1.54, 1.807) is 6.20 Å². The first kappa shape index (κ1) is 17.1. The number of carbonyl (C=O) groups excluding carboxylic acids is 1. The molecule has 25 heavy (non-hydrogen) atoms. The summed E-state index contributed by atoms with van der Waals surface area (Å²) in [6.45, 7) is 4.34. The molecule has 0 unspecified atom stereocenters. The summed E-state index contributed by atoms with van der Waals surface area (Å²) in [4.78, 5) is 21.3. The number of rotatable bonds is 6. The highest BCUT2D eigenvalue weighted by Gasteiger charge is 2.33. The maximum absolute atomic E-state index is 12.6. The highest BCUT2D eigenvalue weighted by atomic mass is 16.2. The largest absolute Gasteiger partial charge is 0.329 e. The lowest BCUT2D eigenvalue weighted by atomic mass is 9.81. The van der Waals surface area contributed by atoms with Gasteiger partial charge in [0, 0.05) is 36.4 Å². The first-order chi connectivity index (χ1) is 12.1. The zero-order valence-electron chi connectivity index (χ0n) is 14.6. The van der Waals surface area contributed by atoms with Crippen LogP contribution in [-0.2, 0) is 4.79 Å². The summed E-state index contributed by atoms with van der Waals surface area (Å²) >= 11 is 0. The lowest BCUT2D eigenvalue weighted by Gasteiger charge is -2.28. The van der Waals surface area contributed by atoms with Crippen LogP contribution in [-0.4, -0.2) is 26.8 Å². The van der Waals surface area contributed by atoms with Gasteiger partial charge in [-0.05, 0) is 31.0 Å². The van der Waals surface area contributed by atoms with Crippen molar-refractivity contribution < 1.29 is 4.79 Å². The number of nitrogens with zero attached hydrogens (tertiary/aromatic N) is 3. The van der Waals surface area contributed by atoms with Crippen molar-refractivity contribution in [3.63, 3.8) is 0 Å². The minimum Gasteiger partial charge on any atom is -0.329 e. The van der Waals surface area contributed by atoms with Crippen LogP contribution in [0.5, 0.6) is 0 Å². The Morgan fingerprint density at radius 2 is 1.96 bits per heavy atom. The van der Waals surface area contributed by atoms with Crippen LogP contribution in [0.3, 0.4) is 0 Å². The Balaban J connectivity index is 1.79. The zero-order chi connectivity index (χ0) is 17.9. The Morgan fingerprint density at radius 3 is 2.56 bits per heavy atom. The van der Waals surface area contributed by atoms with Gasteiger partial charge in [0.1, 0.15) is 0 Å². The number of amides is 1. The van der Waals surface area contributed by atoms with E-state index in [9.17, 15) is 4.79 Å². The van der Waals surface area contributed by atoms with Crippen molar-refractivity contribution >= 4 is 17.4 Å². The van der Waals surface area contributed by atoms with Crippen LogP contribution in [0.15, 0.2) is 48.9 Å². The molecule has 3 N–H and O–H groups in total. The van der Waals surface area contributed by atoms with Crippen LogP contribution >= 0.6 is 0 Å². The number of fused-ring (bicyclic) bond motifs is 1. The molecule has 2 heterocycles. The van der Waals surface area contributed by atoms with Crippen molar-refractivity contribution in [2.75, 3.05) is 11.9 Å². The van der Waals surface area contributed by atoms with Crippen molar-refractivity contribution in [2.45, 2.75) is 26.7 Å². The fraction of sp³-hybridized carbons (Fsp3) is 0.316. The first-order valence-electron chi connectivity index (χ1n) is 8.53. The maximum Gasteiger partial charge on any atom is 0.234 e. The van der Waals surface area contributed by atoms with Crippen LogP contribution in [0.2, 0.25) is 0 Å². The van der Waals surface area contributed by atoms with E-state index in [0.717, 1.165) is 29.8 Å². The van der Waals surface area contributed by atoms with E-state index < -0.39 is 5.41 Å². The number of anilines is 1. The molecule has 0 aliphatic heterocycles. The van der Waals surface area contributed by atoms with Crippen molar-refractivity contribution in [3.8, 4) is 11.3 Å². The van der Waals surface area contributed by atoms with Gasteiger partial charge in [0.15, 0.2) is 0 Å². The Labute approximate surface area is 147 Å². The van der Waals surface area contributed by atoms with E-state index in [-0.39, 0.29) is 5.91 Å². The van der Waals surface area contributed by atoms with Gasteiger partial charge in [0.2, 0.25) is 11.7 Å². The molecule has 6 heteroatoms. The zero-order valence-corrected chi connectivity index (χ0v) is 14.6. The molecular formula is C19H23N5O. The Bertz CT molecular complexity index is 824. The number of carbonyl (C=O) groups is 1. The summed E-state index contributed by atoms with van der Waals surface area (Å²) in [5.74, 6) is 0.637. The van der Waals surface area contributed by atoms with Crippen molar-refractivity contribution in [2.24, 2.45) is 11.1 Å². The molecule has 0 saturated heterocycles. The molecule has 0 atom stereocenters. The minimum atomic E-state index is -0.508. The number of benzene rings is 1. The molecule has 0 radical (unpaired) electrons. The normalized spacial score (nSPS) is 11.6. The number of nitrogens with one attached hydrogen (secondary N) is 1. The predicted octanol–water partition coefficient (Wildman–Crippen LogP) is 3.10. The average molecular weight is 337 g/mol. The van der Waals surface area contributed by atoms with Crippen molar-refractivity contribution in [3.05, 3.63) is 48.9 Å². The van der Waals surface area contributed by atoms with Gasteiger partial charge in [-0.2, -0.15) is 0 Å². The number of hydrogen-bond acceptors (Lipinski definition) is 4. The van der Waals surface area contributed by atoms with E-state index in [1.165, 1.54) is 0 Å². The second kappa shape index (κ2) is 7.03. The topological polar surface area (TPSA) is 85.3 Å². The predicted molar refractivity (Wildman–Crippen MR) is 99.1 cm³/mol. The van der Waals surface area contributed by atoms with E-state index in [0.29, 0.717) is 12.3 Å². The molecule has 1 aromatic carbocycles. The lowest BCUT2D eigenvalue weighted by molar-refractivity contribution is -0.125. The van der Waals surface area contributed by atoms with Gasteiger partial charge in [-0.3, -0.25) is 9.20 Å². The van der Waals surface area contributed by atoms with Crippen LogP contribution < -0.4 is 11.1 Å². The fourth-order valence-corrected chi connectivity index (χ4v) is 2.91. The molecule has 130 valence electrons. The van der Waals surface area contributed by atoms with E-state index in [1.807, 2.05) is 61.0 Å². The van der Waals surface area contributed by atoms with Gasteiger partial charge in [-0.1, -0.05) is 26.0 Å². The summed E-state index contributed by atoms with van der Waals surface area (Å²) in [6, 6.07) is 9.52. The molecular weight excluding hydrogens is 314 g/mol. The molecule has 0 fully saturated rings. The van der Waals surface area contributed by atoms with Gasteiger partial charge < -0.3 is 11.1 Å². The summed E-state index contributed by atoms with van der Waals surface area (Å²) in [7, 11) is 0. The van der Waals surface area contributed by atoms with Gasteiger partial charge >= 0.3 is 0 Å². The van der Waals surface area contributed by atoms with Crippen LogP contribution in [0.4, 0.5) is 5.69 Å². The van der Waals surface area contributed by atoms with Crippen LogP contribution in [0.25, 0.3) is 17.0 Å². The number of aromatic nitrogens is 3. The summed E-state index contributed by atoms with van der Waals surface area (Å²) in [5, 5.41) is 2.98. The van der Waals surface area contributed by atoms with Gasteiger partial charge in [0.05, 0.1) is 11.1 Å². The van der Waals surface area contributed by atoms with Crippen LogP contribution in [0, 0.1) is 5.41 Å². The Kier molecular flexibility index (Phi) is 4.81. The minimum absolute atomic E-state index is 0.0234. The number of hydrogen-bond donors (Lipinski definition) is 2.